The average Bonchev–Trinajstić information content (AvgIpc) is 4.00. The summed E-state index contributed by atoms with van der Waals surface area (Å²) in [5.74, 6) is 1.72. The Hall–Kier alpha value is -6.12. The second kappa shape index (κ2) is 16.0. The van der Waals surface area contributed by atoms with Gasteiger partial charge in [0.25, 0.3) is 0 Å². The molecule has 0 bridgehead atoms. The van der Waals surface area contributed by atoms with Crippen LogP contribution in [0.2, 0.25) is 0 Å². The van der Waals surface area contributed by atoms with Gasteiger partial charge >= 0.3 is 0 Å². The van der Waals surface area contributed by atoms with Gasteiger partial charge in [-0.2, -0.15) is 0 Å². The third-order valence-electron chi connectivity index (χ3n) is 15.2. The van der Waals surface area contributed by atoms with Crippen molar-refractivity contribution in [1.29, 1.82) is 0 Å². The van der Waals surface area contributed by atoms with Crippen molar-refractivity contribution < 1.29 is 0 Å². The van der Waals surface area contributed by atoms with Crippen molar-refractivity contribution in [1.82, 2.24) is 0 Å². The van der Waals surface area contributed by atoms with Gasteiger partial charge in [-0.3, -0.25) is 0 Å². The van der Waals surface area contributed by atoms with Crippen molar-refractivity contribution >= 4 is 33.8 Å². The highest BCUT2D eigenvalue weighted by atomic mass is 15.2. The lowest BCUT2D eigenvalue weighted by molar-refractivity contribution is 0.476. The quantitative estimate of drug-likeness (QED) is 0.144. The van der Waals surface area contributed by atoms with Gasteiger partial charge in [0.2, 0.25) is 0 Å². The molecule has 1 fully saturated rings. The maximum Gasteiger partial charge on any atom is 0.0560 e. The largest absolute Gasteiger partial charge is 0.341 e. The standard InChI is InChI=1S/C60H56N2/c1-4-15-45(16-5-1)61(46-17-6-2-7-18-46)48-33-27-41(28-34-48)43-31-38-54-52-22-11-10-21-51(52)53-23-12-13-24-55(53)60-56(58(54)39-43)25-14-26-59(60)62(47-19-8-3-9-20-47)49-35-29-42(30-36-49)50-37-32-44-40-57(44)50/h1-8,12-13,15-18,21,23-24,26-33,35-39,47-48,52,56-57,60H,9-11,14,19-20,22,25,34,40H2. The first-order chi connectivity index (χ1) is 30.8. The van der Waals surface area contributed by atoms with Crippen molar-refractivity contribution in [3.05, 3.63) is 227 Å². The predicted molar refractivity (Wildman–Crippen MR) is 261 cm³/mol. The molecular weight excluding hydrogens is 749 g/mol. The van der Waals surface area contributed by atoms with Crippen LogP contribution in [0.4, 0.5) is 17.1 Å². The summed E-state index contributed by atoms with van der Waals surface area (Å²) in [6.45, 7) is 0. The highest BCUT2D eigenvalue weighted by molar-refractivity contribution is 5.82. The number of nitrogens with zero attached hydrogens (tertiary/aromatic N) is 2. The first-order valence-corrected chi connectivity index (χ1v) is 23.6. The van der Waals surface area contributed by atoms with E-state index in [9.17, 15) is 0 Å². The first kappa shape index (κ1) is 37.6. The van der Waals surface area contributed by atoms with E-state index in [1.165, 1.54) is 81.8 Å². The molecule has 62 heavy (non-hydrogen) atoms. The van der Waals surface area contributed by atoms with Crippen molar-refractivity contribution in [2.75, 3.05) is 9.80 Å². The molecule has 0 N–H and O–H groups in total. The molecule has 12 rings (SSSR count). The second-order valence-corrected chi connectivity index (χ2v) is 18.7. The second-order valence-electron chi connectivity index (χ2n) is 18.7. The first-order valence-electron chi connectivity index (χ1n) is 23.6. The van der Waals surface area contributed by atoms with E-state index in [4.69, 9.17) is 0 Å². The molecule has 6 unspecified atom stereocenters. The zero-order valence-electron chi connectivity index (χ0n) is 35.8. The summed E-state index contributed by atoms with van der Waals surface area (Å²) in [6.07, 6.45) is 33.7. The van der Waals surface area contributed by atoms with E-state index in [0.717, 1.165) is 38.5 Å². The zero-order valence-corrected chi connectivity index (χ0v) is 35.8. The molecule has 0 heterocycles. The van der Waals surface area contributed by atoms with Crippen LogP contribution in [-0.4, -0.2) is 12.1 Å². The highest BCUT2D eigenvalue weighted by Gasteiger charge is 2.42. The van der Waals surface area contributed by atoms with Gasteiger partial charge in [-0.25, -0.2) is 0 Å². The van der Waals surface area contributed by atoms with Crippen LogP contribution in [0, 0.1) is 5.92 Å². The fraction of sp³-hybridized carbons (Fsp3) is 0.267. The Morgan fingerprint density at radius 2 is 1.29 bits per heavy atom. The molecule has 7 aliphatic rings. The summed E-state index contributed by atoms with van der Waals surface area (Å²) < 4.78 is 0. The lowest BCUT2D eigenvalue weighted by Gasteiger charge is -2.46. The fourth-order valence-corrected chi connectivity index (χ4v) is 12.2. The molecule has 6 atom stereocenters. The van der Waals surface area contributed by atoms with Crippen LogP contribution in [0.5, 0.6) is 0 Å². The molecule has 0 saturated heterocycles. The molecule has 306 valence electrons. The zero-order chi connectivity index (χ0) is 41.0. The number of rotatable bonds is 8. The van der Waals surface area contributed by atoms with E-state index >= 15 is 0 Å². The number of para-hydroxylation sites is 2. The van der Waals surface area contributed by atoms with Gasteiger partial charge in [-0.05, 0) is 157 Å². The molecule has 1 saturated carbocycles. The topological polar surface area (TPSA) is 6.48 Å². The average molecular weight is 805 g/mol. The third-order valence-corrected chi connectivity index (χ3v) is 15.2. The van der Waals surface area contributed by atoms with E-state index in [2.05, 4.69) is 192 Å². The molecule has 5 aromatic rings. The van der Waals surface area contributed by atoms with Crippen LogP contribution in [-0.2, 0) is 0 Å². The molecule has 0 amide bonds. The summed E-state index contributed by atoms with van der Waals surface area (Å²) in [5, 5.41) is 0. The summed E-state index contributed by atoms with van der Waals surface area (Å²) in [6, 6.07) is 49.4. The minimum atomic E-state index is 0.238. The minimum absolute atomic E-state index is 0.238. The van der Waals surface area contributed by atoms with Crippen LogP contribution in [0.1, 0.15) is 115 Å². The summed E-state index contributed by atoms with van der Waals surface area (Å²) in [4.78, 5) is 5.31. The monoisotopic (exact) mass is 804 g/mol. The Bertz CT molecular complexity index is 2680. The predicted octanol–water partition coefficient (Wildman–Crippen LogP) is 15.4. The van der Waals surface area contributed by atoms with Crippen LogP contribution >= 0.6 is 0 Å². The van der Waals surface area contributed by atoms with Crippen molar-refractivity contribution in [3.8, 4) is 0 Å². The van der Waals surface area contributed by atoms with E-state index in [-0.39, 0.29) is 12.0 Å². The molecule has 0 spiro atoms. The van der Waals surface area contributed by atoms with Gasteiger partial charge in [0.15, 0.2) is 0 Å². The van der Waals surface area contributed by atoms with E-state index < -0.39 is 0 Å². The number of fused-ring (bicyclic) bond motifs is 9. The minimum Gasteiger partial charge on any atom is -0.341 e. The molecule has 7 aliphatic carbocycles. The van der Waals surface area contributed by atoms with Crippen LogP contribution in [0.25, 0.3) is 16.7 Å². The maximum absolute atomic E-state index is 2.82. The van der Waals surface area contributed by atoms with Crippen LogP contribution < -0.4 is 9.80 Å². The molecular formula is C60H56N2. The van der Waals surface area contributed by atoms with E-state index in [1.807, 2.05) is 0 Å². The van der Waals surface area contributed by atoms with Gasteiger partial charge in [0.1, 0.15) is 0 Å². The fourth-order valence-electron chi connectivity index (χ4n) is 12.2. The number of benzene rings is 5. The SMILES string of the molecule is C1=CCC(N(C2=CCCC3c4cc(C5=CCC(N(c6ccccc6)c6ccccc6)C=C5)ccc4C4CCCC=C4c4ccccc4C23)c2ccc(C3=CC=C4CC43)cc2)CC1. The molecule has 0 radical (unpaired) electrons. The van der Waals surface area contributed by atoms with Gasteiger partial charge in [0.05, 0.1) is 6.04 Å². The summed E-state index contributed by atoms with van der Waals surface area (Å²) in [5.41, 5.74) is 20.2. The normalized spacial score (nSPS) is 25.5. The smallest absolute Gasteiger partial charge is 0.0560 e. The summed E-state index contributed by atoms with van der Waals surface area (Å²) in [7, 11) is 0. The van der Waals surface area contributed by atoms with E-state index in [1.54, 1.807) is 22.3 Å². The Labute approximate surface area is 368 Å². The van der Waals surface area contributed by atoms with E-state index in [0.29, 0.717) is 23.8 Å². The van der Waals surface area contributed by atoms with Crippen molar-refractivity contribution in [3.63, 3.8) is 0 Å². The molecule has 0 aliphatic heterocycles. The van der Waals surface area contributed by atoms with Gasteiger partial charge in [-0.15, -0.1) is 0 Å². The molecule has 0 aromatic heterocycles. The lowest BCUT2D eigenvalue weighted by atomic mass is 9.64. The molecule has 5 aromatic carbocycles. The Morgan fingerprint density at radius 1 is 0.516 bits per heavy atom. The third kappa shape index (κ3) is 6.71. The number of hydrogen-bond acceptors (Lipinski definition) is 2. The van der Waals surface area contributed by atoms with Gasteiger partial charge < -0.3 is 9.80 Å². The van der Waals surface area contributed by atoms with Gasteiger partial charge in [0, 0.05) is 46.6 Å². The number of hydrogen-bond donors (Lipinski definition) is 0. The molecule has 2 nitrogen and oxygen atoms in total. The van der Waals surface area contributed by atoms with Crippen molar-refractivity contribution in [2.24, 2.45) is 5.92 Å². The van der Waals surface area contributed by atoms with Crippen molar-refractivity contribution in [2.45, 2.75) is 94.0 Å². The highest BCUT2D eigenvalue weighted by Crippen LogP contribution is 2.57. The Morgan fingerprint density at radius 3 is 2.02 bits per heavy atom. The number of allylic oxidation sites excluding steroid dienone is 11. The Kier molecular flexibility index (Phi) is 9.69. The van der Waals surface area contributed by atoms with Crippen LogP contribution in [0.3, 0.4) is 0 Å². The maximum atomic E-state index is 2.82. The Balaban J connectivity index is 0.946. The lowest BCUT2D eigenvalue weighted by Crippen LogP contribution is -2.40. The summed E-state index contributed by atoms with van der Waals surface area (Å²) >= 11 is 0. The molecule has 2 heteroatoms. The van der Waals surface area contributed by atoms with Gasteiger partial charge in [-0.1, -0.05) is 151 Å². The van der Waals surface area contributed by atoms with Crippen LogP contribution in [0.15, 0.2) is 193 Å². The number of anilines is 3.